The van der Waals surface area contributed by atoms with Crippen LogP contribution < -0.4 is 9.64 Å². The Labute approximate surface area is 190 Å². The molecule has 3 rings (SSSR count). The molecule has 0 unspecified atom stereocenters. The van der Waals surface area contributed by atoms with Crippen molar-refractivity contribution in [1.82, 2.24) is 9.88 Å². The van der Waals surface area contributed by atoms with Crippen molar-refractivity contribution in [3.05, 3.63) is 47.7 Å². The predicted octanol–water partition coefficient (Wildman–Crippen LogP) is 3.41. The molecule has 14 heteroatoms. The van der Waals surface area contributed by atoms with Gasteiger partial charge in [-0.15, -0.1) is 0 Å². The Bertz CT molecular complexity index is 1140. The van der Waals surface area contributed by atoms with Crippen LogP contribution in [0.25, 0.3) is 0 Å². The quantitative estimate of drug-likeness (QED) is 0.573. The van der Waals surface area contributed by atoms with E-state index in [1.807, 2.05) is 0 Å². The van der Waals surface area contributed by atoms with Crippen LogP contribution in [0.1, 0.15) is 15.9 Å². The van der Waals surface area contributed by atoms with E-state index in [4.69, 9.17) is 4.74 Å². The van der Waals surface area contributed by atoms with E-state index in [1.165, 1.54) is 11.0 Å². The van der Waals surface area contributed by atoms with Gasteiger partial charge in [0.05, 0.1) is 16.0 Å². The lowest BCUT2D eigenvalue weighted by molar-refractivity contribution is -0.153. The van der Waals surface area contributed by atoms with Gasteiger partial charge in [-0.2, -0.15) is 26.3 Å². The van der Waals surface area contributed by atoms with Crippen molar-refractivity contribution in [2.45, 2.75) is 17.2 Å². The molecule has 1 fully saturated rings. The van der Waals surface area contributed by atoms with E-state index in [2.05, 4.69) is 4.98 Å². The highest BCUT2D eigenvalue weighted by Crippen LogP contribution is 2.30. The maximum Gasteiger partial charge on any atom is 0.422 e. The summed E-state index contributed by atoms with van der Waals surface area (Å²) in [5.41, 5.74) is -1.24. The minimum Gasteiger partial charge on any atom is -0.483 e. The van der Waals surface area contributed by atoms with Crippen molar-refractivity contribution < 1.29 is 44.3 Å². The van der Waals surface area contributed by atoms with E-state index in [0.717, 1.165) is 30.5 Å². The Kier molecular flexibility index (Phi) is 7.01. The molecule has 0 spiro atoms. The fourth-order valence-electron chi connectivity index (χ4n) is 3.24. The minimum absolute atomic E-state index is 0.0728. The number of aromatic nitrogens is 1. The van der Waals surface area contributed by atoms with Gasteiger partial charge < -0.3 is 14.5 Å². The molecule has 1 aliphatic rings. The smallest absolute Gasteiger partial charge is 0.422 e. The zero-order valence-corrected chi connectivity index (χ0v) is 18.5. The molecule has 1 aromatic carbocycles. The number of ether oxygens (including phenoxy) is 1. The third kappa shape index (κ3) is 6.30. The molecular weight excluding hydrogens is 492 g/mol. The number of amides is 1. The summed E-state index contributed by atoms with van der Waals surface area (Å²) in [6, 6.07) is 5.11. The van der Waals surface area contributed by atoms with Crippen molar-refractivity contribution in [3.63, 3.8) is 0 Å². The fourth-order valence-corrected chi connectivity index (χ4v) is 3.89. The highest BCUT2D eigenvalue weighted by molar-refractivity contribution is 7.90. The largest absolute Gasteiger partial charge is 0.483 e. The summed E-state index contributed by atoms with van der Waals surface area (Å²) in [4.78, 5) is 19.5. The van der Waals surface area contributed by atoms with Crippen LogP contribution in [0, 0.1) is 0 Å². The molecule has 0 atom stereocenters. The Morgan fingerprint density at radius 1 is 1.03 bits per heavy atom. The van der Waals surface area contributed by atoms with E-state index >= 15 is 0 Å². The Morgan fingerprint density at radius 3 is 2.18 bits per heavy atom. The van der Waals surface area contributed by atoms with Gasteiger partial charge in [0.2, 0.25) is 0 Å². The molecule has 0 saturated carbocycles. The summed E-state index contributed by atoms with van der Waals surface area (Å²) in [6.07, 6.45) is -7.60. The molecule has 7 nitrogen and oxygen atoms in total. The van der Waals surface area contributed by atoms with Crippen molar-refractivity contribution in [2.24, 2.45) is 0 Å². The number of pyridine rings is 1. The lowest BCUT2D eigenvalue weighted by atomic mass is 10.1. The zero-order valence-electron chi connectivity index (χ0n) is 17.7. The van der Waals surface area contributed by atoms with Gasteiger partial charge in [0.15, 0.2) is 16.4 Å². The first kappa shape index (κ1) is 25.6. The van der Waals surface area contributed by atoms with Gasteiger partial charge in [-0.1, -0.05) is 0 Å². The van der Waals surface area contributed by atoms with Crippen LogP contribution in [0.5, 0.6) is 5.75 Å². The maximum atomic E-state index is 13.0. The number of nitrogens with zero attached hydrogens (tertiary/aromatic N) is 3. The molecule has 0 N–H and O–H groups in total. The summed E-state index contributed by atoms with van der Waals surface area (Å²) in [5.74, 6) is -0.877. The van der Waals surface area contributed by atoms with Crippen LogP contribution in [-0.2, 0) is 16.0 Å². The monoisotopic (exact) mass is 511 g/mol. The topological polar surface area (TPSA) is 79.8 Å². The van der Waals surface area contributed by atoms with Crippen LogP contribution in [0.15, 0.2) is 41.4 Å². The van der Waals surface area contributed by atoms with E-state index in [9.17, 15) is 39.6 Å². The molecule has 1 amide bonds. The first-order chi connectivity index (χ1) is 15.6. The lowest BCUT2D eigenvalue weighted by Gasteiger charge is -2.35. The molecule has 1 saturated heterocycles. The Balaban J connectivity index is 1.76. The number of sulfone groups is 1. The summed E-state index contributed by atoms with van der Waals surface area (Å²) in [7, 11) is -3.75. The second-order valence-corrected chi connectivity index (χ2v) is 9.53. The lowest BCUT2D eigenvalue weighted by Crippen LogP contribution is -2.49. The van der Waals surface area contributed by atoms with Crippen LogP contribution in [0.2, 0.25) is 0 Å². The molecule has 0 radical (unpaired) electrons. The second kappa shape index (κ2) is 9.31. The summed E-state index contributed by atoms with van der Waals surface area (Å²) in [6.45, 7) is -1.14. The number of carbonyl (C=O) groups is 1. The number of anilines is 1. The highest BCUT2D eigenvalue weighted by atomic mass is 32.2. The molecule has 186 valence electrons. The van der Waals surface area contributed by atoms with Crippen molar-refractivity contribution in [1.29, 1.82) is 0 Å². The first-order valence-corrected chi connectivity index (χ1v) is 11.7. The zero-order chi connectivity index (χ0) is 25.3. The van der Waals surface area contributed by atoms with E-state index in [-0.39, 0.29) is 42.5 Å². The number of halogens is 6. The fraction of sp³-hybridized carbons (Fsp3) is 0.400. The molecule has 1 aliphatic heterocycles. The SMILES string of the molecule is CS(=O)(=O)c1ccc(OCC(F)(F)F)c(C(=O)N2CCN(c3ccc(C(F)(F)F)cn3)CC2)c1. The molecule has 1 aromatic heterocycles. The van der Waals surface area contributed by atoms with Gasteiger partial charge in [-0.05, 0) is 30.3 Å². The number of piperazine rings is 1. The van der Waals surface area contributed by atoms with E-state index < -0.39 is 46.0 Å². The average Bonchev–Trinajstić information content (AvgIpc) is 2.75. The molecule has 0 aliphatic carbocycles. The predicted molar refractivity (Wildman–Crippen MR) is 108 cm³/mol. The van der Waals surface area contributed by atoms with Crippen molar-refractivity contribution in [3.8, 4) is 5.75 Å². The molecular formula is C20H19F6N3O4S. The number of hydrogen-bond donors (Lipinski definition) is 0. The number of alkyl halides is 6. The Hall–Kier alpha value is -3.03. The molecule has 2 heterocycles. The van der Waals surface area contributed by atoms with Crippen LogP contribution in [0.4, 0.5) is 32.2 Å². The molecule has 0 bridgehead atoms. The summed E-state index contributed by atoms with van der Waals surface area (Å²) >= 11 is 0. The number of carbonyl (C=O) groups excluding carboxylic acids is 1. The van der Waals surface area contributed by atoms with Crippen LogP contribution in [-0.4, -0.2) is 69.4 Å². The second-order valence-electron chi connectivity index (χ2n) is 7.52. The third-order valence-corrected chi connectivity index (χ3v) is 6.08. The minimum atomic E-state index is -4.67. The van der Waals surface area contributed by atoms with Crippen LogP contribution in [0.3, 0.4) is 0 Å². The summed E-state index contributed by atoms with van der Waals surface area (Å²) < 4.78 is 104. The van der Waals surface area contributed by atoms with Crippen molar-refractivity contribution in [2.75, 3.05) is 43.9 Å². The van der Waals surface area contributed by atoms with Gasteiger partial charge in [0.1, 0.15) is 11.6 Å². The summed E-state index contributed by atoms with van der Waals surface area (Å²) in [5, 5.41) is 0. The molecule has 34 heavy (non-hydrogen) atoms. The first-order valence-electron chi connectivity index (χ1n) is 9.76. The number of benzene rings is 1. The van der Waals surface area contributed by atoms with Gasteiger partial charge in [-0.3, -0.25) is 4.79 Å². The number of rotatable bonds is 5. The van der Waals surface area contributed by atoms with E-state index in [1.54, 1.807) is 4.90 Å². The van der Waals surface area contributed by atoms with Crippen LogP contribution >= 0.6 is 0 Å². The Morgan fingerprint density at radius 2 is 1.68 bits per heavy atom. The average molecular weight is 511 g/mol. The normalized spacial score (nSPS) is 15.4. The third-order valence-electron chi connectivity index (χ3n) is 4.97. The molecule has 2 aromatic rings. The van der Waals surface area contributed by atoms with Crippen molar-refractivity contribution >= 4 is 21.6 Å². The highest BCUT2D eigenvalue weighted by Gasteiger charge is 2.32. The maximum absolute atomic E-state index is 13.0. The van der Waals surface area contributed by atoms with Gasteiger partial charge in [-0.25, -0.2) is 13.4 Å². The van der Waals surface area contributed by atoms with Gasteiger partial charge in [0.25, 0.3) is 5.91 Å². The van der Waals surface area contributed by atoms with Gasteiger partial charge >= 0.3 is 12.4 Å². The number of hydrogen-bond acceptors (Lipinski definition) is 6. The standard InChI is InChI=1S/C20H19F6N3O4S/c1-34(31,32)14-3-4-16(33-12-19(21,22)23)15(10-14)18(30)29-8-6-28(7-9-29)17-5-2-13(11-27-17)20(24,25)26/h2-5,10-11H,6-9,12H2,1H3. The van der Waals surface area contributed by atoms with Gasteiger partial charge in [0, 0.05) is 38.6 Å². The van der Waals surface area contributed by atoms with E-state index in [0.29, 0.717) is 6.20 Å².